The van der Waals surface area contributed by atoms with E-state index in [-0.39, 0.29) is 0 Å². The van der Waals surface area contributed by atoms with Crippen molar-refractivity contribution in [2.75, 3.05) is 0 Å². The van der Waals surface area contributed by atoms with E-state index < -0.39 is 0 Å². The lowest BCUT2D eigenvalue weighted by Gasteiger charge is -2.07. The van der Waals surface area contributed by atoms with Crippen LogP contribution < -0.4 is 0 Å². The van der Waals surface area contributed by atoms with Crippen molar-refractivity contribution in [1.29, 1.82) is 0 Å². The molecule has 7 aromatic heterocycles. The van der Waals surface area contributed by atoms with E-state index in [2.05, 4.69) is 80.8 Å². The minimum Gasteiger partial charge on any atom is -0.152 e. The summed E-state index contributed by atoms with van der Waals surface area (Å²) in [7, 11) is 0. The van der Waals surface area contributed by atoms with Crippen molar-refractivity contribution in [3.63, 3.8) is 0 Å². The van der Waals surface area contributed by atoms with Crippen molar-refractivity contribution in [2.24, 2.45) is 0 Å². The molecule has 0 saturated heterocycles. The van der Waals surface area contributed by atoms with Gasteiger partial charge < -0.3 is 0 Å². The number of hydrogen-bond acceptors (Lipinski definition) is 7. The third-order valence-electron chi connectivity index (χ3n) is 5.35. The fourth-order valence-corrected chi connectivity index (χ4v) is 9.92. The summed E-state index contributed by atoms with van der Waals surface area (Å²) in [6.07, 6.45) is 0. The number of thiophene rings is 7. The molecule has 0 amide bonds. The third-order valence-corrected chi connectivity index (χ3v) is 11.7. The average molecular weight is 579 g/mol. The van der Waals surface area contributed by atoms with E-state index in [1.165, 1.54) is 51.5 Å². The quantitative estimate of drug-likeness (QED) is 0.190. The predicted octanol–water partition coefficient (Wildman–Crippen LogP) is 12.1. The smallest absolute Gasteiger partial charge is 0.0529 e. The lowest BCUT2D eigenvalue weighted by Crippen LogP contribution is -1.80. The van der Waals surface area contributed by atoms with Crippen molar-refractivity contribution in [2.45, 2.75) is 0 Å². The van der Waals surface area contributed by atoms with Crippen molar-refractivity contribution < 1.29 is 0 Å². The summed E-state index contributed by atoms with van der Waals surface area (Å²) in [5.41, 5.74) is 5.41. The Morgan fingerprint density at radius 1 is 0.314 bits per heavy atom. The Labute approximate surface area is 232 Å². The van der Waals surface area contributed by atoms with Crippen molar-refractivity contribution in [3.05, 3.63) is 104 Å². The second-order valence-electron chi connectivity index (χ2n) is 7.40. The van der Waals surface area contributed by atoms with Gasteiger partial charge in [-0.2, -0.15) is 11.3 Å². The molecule has 0 atom stereocenters. The molecule has 7 heteroatoms. The largest absolute Gasteiger partial charge is 0.152 e. The maximum absolute atomic E-state index is 2.30. The molecule has 0 aliphatic rings. The third kappa shape index (κ3) is 4.82. The van der Waals surface area contributed by atoms with Gasteiger partial charge in [0.2, 0.25) is 0 Å². The van der Waals surface area contributed by atoms with Crippen molar-refractivity contribution >= 4 is 79.4 Å². The van der Waals surface area contributed by atoms with E-state index in [0.29, 0.717) is 0 Å². The summed E-state index contributed by atoms with van der Waals surface area (Å²) in [4.78, 5) is 8.18. The van der Waals surface area contributed by atoms with Crippen LogP contribution in [-0.4, -0.2) is 0 Å². The van der Waals surface area contributed by atoms with Gasteiger partial charge >= 0.3 is 0 Å². The monoisotopic (exact) mass is 578 g/mol. The van der Waals surface area contributed by atoms with Crippen LogP contribution in [-0.2, 0) is 0 Å². The van der Waals surface area contributed by atoms with Gasteiger partial charge in [-0.3, -0.25) is 0 Å². The summed E-state index contributed by atoms with van der Waals surface area (Å²) < 4.78 is 0. The second-order valence-corrected chi connectivity index (χ2v) is 13.8. The van der Waals surface area contributed by atoms with Gasteiger partial charge in [0, 0.05) is 46.6 Å². The van der Waals surface area contributed by atoms with Crippen LogP contribution in [0.3, 0.4) is 0 Å². The molecule has 35 heavy (non-hydrogen) atoms. The molecular weight excluding hydrogens is 561 g/mol. The second kappa shape index (κ2) is 10.9. The molecule has 0 spiro atoms. The summed E-state index contributed by atoms with van der Waals surface area (Å²) in [5.74, 6) is 0. The van der Waals surface area contributed by atoms with Gasteiger partial charge in [0.25, 0.3) is 0 Å². The average Bonchev–Trinajstić information content (AvgIpc) is 3.73. The number of rotatable bonds is 5. The molecular formula is C28H18S7. The highest BCUT2D eigenvalue weighted by Crippen LogP contribution is 2.50. The van der Waals surface area contributed by atoms with Gasteiger partial charge in [-0.15, -0.1) is 68.0 Å². The fraction of sp³-hybridized carbons (Fsp3) is 0. The molecule has 172 valence electrons. The Kier molecular flexibility index (Phi) is 7.25. The highest BCUT2D eigenvalue weighted by Gasteiger charge is 2.21. The molecule has 0 nitrogen and oxygen atoms in total. The minimum absolute atomic E-state index is 1.34. The standard InChI is InChI=1S/C24H14S6.C4H4S/c1-3-19(25-9-1)15-5-11-27-21(15)16-6-12-28-22(16)17-7-13-29-23(17)18-8-14-30-24(18)20-4-2-10-26-20;1-2-4-5-3-1/h1-14H;1-4H. The molecule has 0 aromatic carbocycles. The van der Waals surface area contributed by atoms with Crippen molar-refractivity contribution in [3.8, 4) is 51.5 Å². The van der Waals surface area contributed by atoms with Crippen LogP contribution in [0.2, 0.25) is 0 Å². The molecule has 7 rings (SSSR count). The van der Waals surface area contributed by atoms with Gasteiger partial charge in [-0.1, -0.05) is 24.3 Å². The van der Waals surface area contributed by atoms with Crippen LogP contribution in [0.1, 0.15) is 0 Å². The first-order valence-electron chi connectivity index (χ1n) is 10.8. The number of hydrogen-bond donors (Lipinski definition) is 0. The molecule has 0 fully saturated rings. The highest BCUT2D eigenvalue weighted by atomic mass is 32.1. The first-order valence-corrected chi connectivity index (χ1v) is 17.0. The maximum Gasteiger partial charge on any atom is 0.0529 e. The molecule has 0 unspecified atom stereocenters. The maximum atomic E-state index is 2.30. The van der Waals surface area contributed by atoms with Crippen LogP contribution in [0.25, 0.3) is 51.5 Å². The zero-order valence-electron chi connectivity index (χ0n) is 18.3. The van der Waals surface area contributed by atoms with Crippen LogP contribution in [0.5, 0.6) is 0 Å². The first-order chi connectivity index (χ1) is 17.4. The van der Waals surface area contributed by atoms with E-state index in [4.69, 9.17) is 0 Å². The summed E-state index contributed by atoms with van der Waals surface area (Å²) in [6, 6.07) is 21.9. The zero-order chi connectivity index (χ0) is 23.5. The fourth-order valence-electron chi connectivity index (χ4n) is 3.85. The first kappa shape index (κ1) is 23.3. The summed E-state index contributed by atoms with van der Waals surface area (Å²) >= 11 is 12.7. The summed E-state index contributed by atoms with van der Waals surface area (Å²) in [6.45, 7) is 0. The normalized spacial score (nSPS) is 10.9. The Balaban J connectivity index is 0.000000410. The van der Waals surface area contributed by atoms with E-state index in [1.807, 2.05) is 90.9 Å². The van der Waals surface area contributed by atoms with Gasteiger partial charge in [-0.05, 0) is 79.4 Å². The molecule has 0 bridgehead atoms. The molecule has 0 saturated carbocycles. The van der Waals surface area contributed by atoms with Crippen LogP contribution in [0.15, 0.2) is 104 Å². The van der Waals surface area contributed by atoms with E-state index >= 15 is 0 Å². The summed E-state index contributed by atoms with van der Waals surface area (Å²) in [5, 5.41) is 17.3. The lowest BCUT2D eigenvalue weighted by atomic mass is 10.0. The van der Waals surface area contributed by atoms with E-state index in [9.17, 15) is 0 Å². The van der Waals surface area contributed by atoms with Gasteiger partial charge in [0.15, 0.2) is 0 Å². The Hall–Kier alpha value is -2.10. The molecule has 7 heterocycles. The Morgan fingerprint density at radius 3 is 1.26 bits per heavy atom. The molecule has 0 N–H and O–H groups in total. The van der Waals surface area contributed by atoms with Crippen LogP contribution >= 0.6 is 79.4 Å². The molecule has 0 aliphatic heterocycles. The van der Waals surface area contributed by atoms with E-state index in [0.717, 1.165) is 0 Å². The highest BCUT2D eigenvalue weighted by molar-refractivity contribution is 7.22. The molecule has 7 aromatic rings. The van der Waals surface area contributed by atoms with Gasteiger partial charge in [0.1, 0.15) is 0 Å². The minimum atomic E-state index is 1.34. The van der Waals surface area contributed by atoms with Gasteiger partial charge in [0.05, 0.1) is 4.88 Å². The van der Waals surface area contributed by atoms with E-state index in [1.54, 1.807) is 11.3 Å². The lowest BCUT2D eigenvalue weighted by molar-refractivity contribution is 1.79. The van der Waals surface area contributed by atoms with Gasteiger partial charge in [-0.25, -0.2) is 0 Å². The molecule has 0 aliphatic carbocycles. The van der Waals surface area contributed by atoms with Crippen LogP contribution in [0.4, 0.5) is 0 Å². The zero-order valence-corrected chi connectivity index (χ0v) is 24.0. The SMILES string of the molecule is c1ccsc1.c1csc(-c2ccsc2-c2ccsc2-c2ccsc2-c2ccsc2-c2cccs2)c1. The Morgan fingerprint density at radius 2 is 0.771 bits per heavy atom. The molecule has 0 radical (unpaired) electrons. The van der Waals surface area contributed by atoms with Crippen LogP contribution in [0, 0.1) is 0 Å². The predicted molar refractivity (Wildman–Crippen MR) is 165 cm³/mol. The van der Waals surface area contributed by atoms with Crippen molar-refractivity contribution in [1.82, 2.24) is 0 Å². The topological polar surface area (TPSA) is 0 Å². The Bertz CT molecular complexity index is 1460.